The highest BCUT2D eigenvalue weighted by Crippen LogP contribution is 2.30. The van der Waals surface area contributed by atoms with Crippen molar-refractivity contribution in [3.8, 4) is 0 Å². The van der Waals surface area contributed by atoms with Gasteiger partial charge in [0.05, 0.1) is 11.0 Å². The van der Waals surface area contributed by atoms with Crippen LogP contribution in [0.25, 0.3) is 0 Å². The number of nitro groups is 1. The lowest BCUT2D eigenvalue weighted by molar-refractivity contribution is -0.384. The number of likely N-dealkylation sites (tertiary alicyclic amines) is 1. The first-order valence-corrected chi connectivity index (χ1v) is 13.2. The Bertz CT molecular complexity index is 1210. The lowest BCUT2D eigenvalue weighted by atomic mass is 9.94. The summed E-state index contributed by atoms with van der Waals surface area (Å²) in [7, 11) is 0. The van der Waals surface area contributed by atoms with Crippen LogP contribution in [0.2, 0.25) is 0 Å². The van der Waals surface area contributed by atoms with Gasteiger partial charge in [0.25, 0.3) is 11.6 Å². The molecule has 0 N–H and O–H groups in total. The molecule has 8 nitrogen and oxygen atoms in total. The summed E-state index contributed by atoms with van der Waals surface area (Å²) in [6.45, 7) is 4.01. The topological polar surface area (TPSA) is 87.0 Å². The van der Waals surface area contributed by atoms with E-state index in [9.17, 15) is 19.7 Å². The lowest BCUT2D eigenvalue weighted by Gasteiger charge is -2.41. The zero-order valence-corrected chi connectivity index (χ0v) is 21.3. The SMILES string of the molecule is O=C(c1ccc([N+](=O)[O-])cc1)N1CCC(C(=O)N2CCN(C(c3ccccc3)c3ccccc3)CC2)CC1. The number of carbonyl (C=O) groups is 2. The van der Waals surface area contributed by atoms with Crippen molar-refractivity contribution >= 4 is 17.5 Å². The largest absolute Gasteiger partial charge is 0.340 e. The minimum absolute atomic E-state index is 0.0372. The van der Waals surface area contributed by atoms with E-state index in [2.05, 4.69) is 53.4 Å². The molecule has 2 fully saturated rings. The Morgan fingerprint density at radius 1 is 0.711 bits per heavy atom. The number of nitro benzene ring substituents is 1. The number of piperazine rings is 1. The van der Waals surface area contributed by atoms with E-state index in [1.165, 1.54) is 35.4 Å². The van der Waals surface area contributed by atoms with Gasteiger partial charge in [0.15, 0.2) is 0 Å². The smallest absolute Gasteiger partial charge is 0.269 e. The van der Waals surface area contributed by atoms with Gasteiger partial charge in [-0.05, 0) is 36.1 Å². The Morgan fingerprint density at radius 3 is 1.74 bits per heavy atom. The zero-order chi connectivity index (χ0) is 26.5. The third kappa shape index (κ3) is 5.60. The van der Waals surface area contributed by atoms with Crippen LogP contribution in [0.3, 0.4) is 0 Å². The molecule has 196 valence electrons. The Hall–Kier alpha value is -4.04. The monoisotopic (exact) mass is 512 g/mol. The van der Waals surface area contributed by atoms with Crippen molar-refractivity contribution < 1.29 is 14.5 Å². The van der Waals surface area contributed by atoms with Crippen molar-refractivity contribution in [2.24, 2.45) is 5.92 Å². The van der Waals surface area contributed by atoms with Gasteiger partial charge in [-0.3, -0.25) is 24.6 Å². The molecule has 0 spiro atoms. The van der Waals surface area contributed by atoms with Crippen molar-refractivity contribution in [2.45, 2.75) is 18.9 Å². The highest BCUT2D eigenvalue weighted by Gasteiger charge is 2.33. The summed E-state index contributed by atoms with van der Waals surface area (Å²) in [5.41, 5.74) is 2.90. The highest BCUT2D eigenvalue weighted by molar-refractivity contribution is 5.94. The third-order valence-electron chi connectivity index (χ3n) is 7.68. The summed E-state index contributed by atoms with van der Waals surface area (Å²) in [4.78, 5) is 42.8. The van der Waals surface area contributed by atoms with Gasteiger partial charge in [0.2, 0.25) is 5.91 Å². The predicted octanol–water partition coefficient (Wildman–Crippen LogP) is 4.38. The Kier molecular flexibility index (Phi) is 7.79. The van der Waals surface area contributed by atoms with Gasteiger partial charge in [-0.2, -0.15) is 0 Å². The summed E-state index contributed by atoms with van der Waals surface area (Å²) in [6, 6.07) is 26.9. The van der Waals surface area contributed by atoms with E-state index in [0.717, 1.165) is 13.1 Å². The van der Waals surface area contributed by atoms with E-state index in [1.807, 2.05) is 17.0 Å². The molecule has 8 heteroatoms. The Balaban J connectivity index is 1.16. The summed E-state index contributed by atoms with van der Waals surface area (Å²) < 4.78 is 0. The predicted molar refractivity (Wildman–Crippen MR) is 145 cm³/mol. The van der Waals surface area contributed by atoms with Gasteiger partial charge >= 0.3 is 0 Å². The Morgan fingerprint density at radius 2 is 1.24 bits per heavy atom. The van der Waals surface area contributed by atoms with Crippen LogP contribution in [0.1, 0.15) is 40.4 Å². The fraction of sp³-hybridized carbons (Fsp3) is 0.333. The quantitative estimate of drug-likeness (QED) is 0.361. The molecule has 2 heterocycles. The number of piperidine rings is 1. The molecule has 0 bridgehead atoms. The molecule has 0 aliphatic carbocycles. The number of amides is 2. The third-order valence-corrected chi connectivity index (χ3v) is 7.68. The van der Waals surface area contributed by atoms with Crippen molar-refractivity contribution in [2.75, 3.05) is 39.3 Å². The second kappa shape index (κ2) is 11.6. The van der Waals surface area contributed by atoms with Crippen molar-refractivity contribution in [1.82, 2.24) is 14.7 Å². The summed E-state index contributed by atoms with van der Waals surface area (Å²) in [5.74, 6) is -0.0446. The average molecular weight is 513 g/mol. The molecule has 3 aromatic carbocycles. The Labute approximate surface area is 222 Å². The van der Waals surface area contributed by atoms with Gasteiger partial charge in [-0.25, -0.2) is 0 Å². The summed E-state index contributed by atoms with van der Waals surface area (Å²) in [6.07, 6.45) is 1.27. The van der Waals surface area contributed by atoms with Crippen LogP contribution in [-0.4, -0.2) is 70.7 Å². The van der Waals surface area contributed by atoms with E-state index >= 15 is 0 Å². The van der Waals surface area contributed by atoms with Crippen molar-refractivity contribution in [3.63, 3.8) is 0 Å². The number of nitrogens with zero attached hydrogens (tertiary/aromatic N) is 4. The second-order valence-corrected chi connectivity index (χ2v) is 9.96. The molecule has 2 saturated heterocycles. The van der Waals surface area contributed by atoms with Crippen LogP contribution in [0.5, 0.6) is 0 Å². The maximum absolute atomic E-state index is 13.4. The average Bonchev–Trinajstić information content (AvgIpc) is 2.98. The van der Waals surface area contributed by atoms with Gasteiger partial charge in [0.1, 0.15) is 0 Å². The molecule has 2 amide bonds. The molecule has 38 heavy (non-hydrogen) atoms. The maximum atomic E-state index is 13.4. The van der Waals surface area contributed by atoms with Crippen molar-refractivity contribution in [3.05, 3.63) is 112 Å². The van der Waals surface area contributed by atoms with Crippen LogP contribution in [0.4, 0.5) is 5.69 Å². The molecule has 0 atom stereocenters. The molecule has 5 rings (SSSR count). The molecule has 2 aliphatic heterocycles. The van der Waals surface area contributed by atoms with E-state index in [4.69, 9.17) is 0 Å². The number of benzene rings is 3. The molecule has 0 radical (unpaired) electrons. The minimum Gasteiger partial charge on any atom is -0.340 e. The van der Waals surface area contributed by atoms with Gasteiger partial charge < -0.3 is 9.80 Å². The lowest BCUT2D eigenvalue weighted by Crippen LogP contribution is -2.52. The molecule has 0 aromatic heterocycles. The second-order valence-electron chi connectivity index (χ2n) is 9.96. The minimum atomic E-state index is -0.478. The molecule has 0 unspecified atom stereocenters. The van der Waals surface area contributed by atoms with E-state index in [-0.39, 0.29) is 29.5 Å². The van der Waals surface area contributed by atoms with E-state index in [0.29, 0.717) is 44.6 Å². The van der Waals surface area contributed by atoms with Gasteiger partial charge in [-0.1, -0.05) is 60.7 Å². The van der Waals surface area contributed by atoms with E-state index in [1.54, 1.807) is 4.90 Å². The van der Waals surface area contributed by atoms with Crippen LogP contribution < -0.4 is 0 Å². The van der Waals surface area contributed by atoms with Crippen molar-refractivity contribution in [1.29, 1.82) is 0 Å². The summed E-state index contributed by atoms with van der Waals surface area (Å²) in [5, 5.41) is 10.9. The zero-order valence-electron chi connectivity index (χ0n) is 21.3. The van der Waals surface area contributed by atoms with Crippen LogP contribution in [-0.2, 0) is 4.79 Å². The molecule has 0 saturated carbocycles. The highest BCUT2D eigenvalue weighted by atomic mass is 16.6. The standard InChI is InChI=1S/C30H32N4O4/c35-29(25-11-13-27(14-12-25)34(37)38)32-17-15-26(16-18-32)30(36)33-21-19-31(20-22-33)28(23-7-3-1-4-8-23)24-9-5-2-6-10-24/h1-14,26,28H,15-22H2. The number of hydrogen-bond acceptors (Lipinski definition) is 5. The number of carbonyl (C=O) groups excluding carboxylic acids is 2. The van der Waals surface area contributed by atoms with Gasteiger partial charge in [-0.15, -0.1) is 0 Å². The molecular formula is C30H32N4O4. The normalized spacial score (nSPS) is 17.0. The van der Waals surface area contributed by atoms with E-state index < -0.39 is 4.92 Å². The number of rotatable bonds is 6. The first kappa shape index (κ1) is 25.6. The van der Waals surface area contributed by atoms with Crippen LogP contribution >= 0.6 is 0 Å². The van der Waals surface area contributed by atoms with Gasteiger partial charge in [0, 0.05) is 62.9 Å². The van der Waals surface area contributed by atoms with Crippen LogP contribution in [0.15, 0.2) is 84.9 Å². The number of non-ortho nitro benzene ring substituents is 1. The number of hydrogen-bond donors (Lipinski definition) is 0. The molecule has 2 aliphatic rings. The fourth-order valence-corrected chi connectivity index (χ4v) is 5.58. The maximum Gasteiger partial charge on any atom is 0.269 e. The molecular weight excluding hydrogens is 480 g/mol. The molecule has 3 aromatic rings. The first-order valence-electron chi connectivity index (χ1n) is 13.2. The summed E-state index contributed by atoms with van der Waals surface area (Å²) >= 11 is 0. The fourth-order valence-electron chi connectivity index (χ4n) is 5.58. The first-order chi connectivity index (χ1) is 18.5. The van der Waals surface area contributed by atoms with Crippen LogP contribution in [0, 0.1) is 16.0 Å².